The molecular formula is C13H15ClFN3O3S2. The van der Waals surface area contributed by atoms with Crippen molar-refractivity contribution in [2.45, 2.75) is 12.8 Å². The van der Waals surface area contributed by atoms with Gasteiger partial charge in [0, 0.05) is 12.1 Å². The van der Waals surface area contributed by atoms with E-state index in [0.717, 1.165) is 0 Å². The quantitative estimate of drug-likeness (QED) is 0.546. The number of amides is 1. The summed E-state index contributed by atoms with van der Waals surface area (Å²) >= 11 is 10.6. The van der Waals surface area contributed by atoms with E-state index in [1.54, 1.807) is 0 Å². The summed E-state index contributed by atoms with van der Waals surface area (Å²) in [5.74, 6) is -0.899. The van der Waals surface area contributed by atoms with Gasteiger partial charge in [-0.3, -0.25) is 15.6 Å². The van der Waals surface area contributed by atoms with Crippen molar-refractivity contribution in [2.75, 3.05) is 16.8 Å². The highest BCUT2D eigenvalue weighted by Gasteiger charge is 2.29. The first-order valence-electron chi connectivity index (χ1n) is 6.76. The van der Waals surface area contributed by atoms with Gasteiger partial charge in [0.05, 0.1) is 16.5 Å². The molecule has 0 bridgehead atoms. The van der Waals surface area contributed by atoms with Gasteiger partial charge in [-0.25, -0.2) is 12.8 Å². The van der Waals surface area contributed by atoms with Gasteiger partial charge in [0.2, 0.25) is 5.91 Å². The average molecular weight is 380 g/mol. The summed E-state index contributed by atoms with van der Waals surface area (Å²) in [5, 5.41) is 2.78. The van der Waals surface area contributed by atoms with E-state index in [1.165, 1.54) is 18.2 Å². The zero-order valence-corrected chi connectivity index (χ0v) is 14.3. The molecule has 3 N–H and O–H groups in total. The molecule has 1 heterocycles. The summed E-state index contributed by atoms with van der Waals surface area (Å²) in [4.78, 5) is 11.7. The molecule has 0 unspecified atom stereocenters. The predicted octanol–water partition coefficient (Wildman–Crippen LogP) is 1.62. The largest absolute Gasteiger partial charge is 0.331 e. The normalized spacial score (nSPS) is 19.1. The first-order valence-corrected chi connectivity index (χ1v) is 9.37. The summed E-state index contributed by atoms with van der Waals surface area (Å²) in [6.07, 6.45) is 0.601. The van der Waals surface area contributed by atoms with Gasteiger partial charge in [-0.15, -0.1) is 0 Å². The van der Waals surface area contributed by atoms with Crippen molar-refractivity contribution in [1.82, 2.24) is 10.9 Å². The number of carbonyl (C=O) groups is 1. The minimum Gasteiger partial charge on any atom is -0.331 e. The van der Waals surface area contributed by atoms with Gasteiger partial charge in [-0.1, -0.05) is 11.6 Å². The summed E-state index contributed by atoms with van der Waals surface area (Å²) in [7, 11) is -3.00. The Morgan fingerprint density at radius 1 is 1.39 bits per heavy atom. The van der Waals surface area contributed by atoms with E-state index in [-0.39, 0.29) is 39.9 Å². The third kappa shape index (κ3) is 5.60. The third-order valence-corrected chi connectivity index (χ3v) is 5.62. The molecule has 0 aliphatic carbocycles. The highest BCUT2D eigenvalue weighted by Crippen LogP contribution is 2.21. The first-order chi connectivity index (χ1) is 10.7. The van der Waals surface area contributed by atoms with Crippen LogP contribution >= 0.6 is 23.8 Å². The van der Waals surface area contributed by atoms with E-state index < -0.39 is 15.7 Å². The van der Waals surface area contributed by atoms with Crippen LogP contribution in [-0.4, -0.2) is 30.9 Å². The SMILES string of the molecule is O=C(C[C@@H]1CCS(=O)(=O)C1)NNC(=S)Nc1ccc(F)c(Cl)c1. The number of anilines is 1. The molecule has 1 fully saturated rings. The second-order valence-corrected chi connectivity index (χ2v) is 8.27. The van der Waals surface area contributed by atoms with E-state index in [1.807, 2.05) is 0 Å². The lowest BCUT2D eigenvalue weighted by atomic mass is 10.1. The van der Waals surface area contributed by atoms with Crippen LogP contribution in [0.1, 0.15) is 12.8 Å². The van der Waals surface area contributed by atoms with Crippen LogP contribution in [0, 0.1) is 11.7 Å². The number of thiocarbonyl (C=S) groups is 1. The second kappa shape index (κ2) is 7.41. The number of halogens is 2. The smallest absolute Gasteiger partial charge is 0.238 e. The van der Waals surface area contributed by atoms with E-state index in [9.17, 15) is 17.6 Å². The highest BCUT2D eigenvalue weighted by atomic mass is 35.5. The fourth-order valence-corrected chi connectivity index (χ4v) is 4.42. The van der Waals surface area contributed by atoms with Crippen LogP contribution in [0.4, 0.5) is 10.1 Å². The Morgan fingerprint density at radius 2 is 2.13 bits per heavy atom. The fraction of sp³-hybridized carbons (Fsp3) is 0.385. The lowest BCUT2D eigenvalue weighted by molar-refractivity contribution is -0.122. The number of rotatable bonds is 3. The Labute approximate surface area is 143 Å². The molecule has 1 aliphatic rings. The molecule has 0 spiro atoms. The van der Waals surface area contributed by atoms with Gasteiger partial charge in [0.1, 0.15) is 5.82 Å². The maximum atomic E-state index is 13.0. The van der Waals surface area contributed by atoms with Gasteiger partial charge in [-0.05, 0) is 42.8 Å². The van der Waals surface area contributed by atoms with E-state index in [0.29, 0.717) is 12.1 Å². The minimum absolute atomic E-state index is 0.0389. The lowest BCUT2D eigenvalue weighted by Gasteiger charge is -2.13. The molecule has 126 valence electrons. The molecule has 1 aliphatic heterocycles. The summed E-state index contributed by atoms with van der Waals surface area (Å²) in [6.45, 7) is 0. The van der Waals surface area contributed by atoms with Crippen molar-refractivity contribution in [1.29, 1.82) is 0 Å². The number of hydrogen-bond acceptors (Lipinski definition) is 4. The second-order valence-electron chi connectivity index (χ2n) is 5.23. The standard InChI is InChI=1S/C13H15ClFN3O3S2/c14-10-6-9(1-2-11(10)15)16-13(22)18-17-12(19)5-8-3-4-23(20,21)7-8/h1-2,6,8H,3-5,7H2,(H,17,19)(H2,16,18,22)/t8-/m0/s1. The molecule has 2 rings (SSSR count). The molecule has 1 atom stereocenters. The van der Waals surface area contributed by atoms with Crippen molar-refractivity contribution in [2.24, 2.45) is 5.92 Å². The van der Waals surface area contributed by atoms with E-state index in [2.05, 4.69) is 16.2 Å². The van der Waals surface area contributed by atoms with Crippen LogP contribution in [0.15, 0.2) is 18.2 Å². The first kappa shape index (κ1) is 17.9. The van der Waals surface area contributed by atoms with Crippen LogP contribution in [0.25, 0.3) is 0 Å². The van der Waals surface area contributed by atoms with Crippen molar-refractivity contribution in [3.63, 3.8) is 0 Å². The van der Waals surface area contributed by atoms with Gasteiger partial charge < -0.3 is 5.32 Å². The maximum absolute atomic E-state index is 13.0. The molecule has 1 saturated heterocycles. The number of nitrogens with one attached hydrogen (secondary N) is 3. The molecule has 0 saturated carbocycles. The highest BCUT2D eigenvalue weighted by molar-refractivity contribution is 7.91. The molecule has 6 nitrogen and oxygen atoms in total. The molecule has 10 heteroatoms. The van der Waals surface area contributed by atoms with Crippen LogP contribution in [0.2, 0.25) is 5.02 Å². The topological polar surface area (TPSA) is 87.3 Å². The van der Waals surface area contributed by atoms with E-state index >= 15 is 0 Å². The zero-order chi connectivity index (χ0) is 17.0. The van der Waals surface area contributed by atoms with E-state index in [4.69, 9.17) is 23.8 Å². The van der Waals surface area contributed by atoms with Gasteiger partial charge in [0.25, 0.3) is 0 Å². The van der Waals surface area contributed by atoms with Crippen molar-refractivity contribution in [3.8, 4) is 0 Å². The Morgan fingerprint density at radius 3 is 2.74 bits per heavy atom. The van der Waals surface area contributed by atoms with Crippen molar-refractivity contribution < 1.29 is 17.6 Å². The van der Waals surface area contributed by atoms with Gasteiger partial charge in [-0.2, -0.15) is 0 Å². The summed E-state index contributed by atoms with van der Waals surface area (Å²) < 4.78 is 35.7. The lowest BCUT2D eigenvalue weighted by Crippen LogP contribution is -2.44. The zero-order valence-electron chi connectivity index (χ0n) is 11.9. The Balaban J connectivity index is 1.75. The van der Waals surface area contributed by atoms with Crippen molar-refractivity contribution >= 4 is 50.4 Å². The summed E-state index contributed by atoms with van der Waals surface area (Å²) in [5.41, 5.74) is 5.35. The molecule has 1 amide bonds. The number of hydrazine groups is 1. The number of benzene rings is 1. The summed E-state index contributed by atoms with van der Waals surface area (Å²) in [6, 6.07) is 3.99. The molecule has 23 heavy (non-hydrogen) atoms. The Hall–Kier alpha value is -1.45. The monoisotopic (exact) mass is 379 g/mol. The number of hydrogen-bond donors (Lipinski definition) is 3. The Kier molecular flexibility index (Phi) is 5.77. The molecular weight excluding hydrogens is 365 g/mol. The number of sulfone groups is 1. The van der Waals surface area contributed by atoms with Crippen LogP contribution in [0.5, 0.6) is 0 Å². The van der Waals surface area contributed by atoms with Crippen LogP contribution < -0.4 is 16.2 Å². The van der Waals surface area contributed by atoms with Gasteiger partial charge in [0.15, 0.2) is 14.9 Å². The predicted molar refractivity (Wildman–Crippen MR) is 90.3 cm³/mol. The molecule has 0 aromatic heterocycles. The third-order valence-electron chi connectivity index (χ3n) is 3.29. The number of carbonyl (C=O) groups excluding carboxylic acids is 1. The molecule has 1 aromatic carbocycles. The fourth-order valence-electron chi connectivity index (χ4n) is 2.21. The Bertz CT molecular complexity index is 727. The molecule has 0 radical (unpaired) electrons. The average Bonchev–Trinajstić information content (AvgIpc) is 2.80. The van der Waals surface area contributed by atoms with Gasteiger partial charge >= 0.3 is 0 Å². The van der Waals surface area contributed by atoms with Crippen LogP contribution in [-0.2, 0) is 14.6 Å². The minimum atomic E-state index is -3.00. The van der Waals surface area contributed by atoms with Crippen molar-refractivity contribution in [3.05, 3.63) is 29.0 Å². The maximum Gasteiger partial charge on any atom is 0.238 e. The van der Waals surface area contributed by atoms with Crippen LogP contribution in [0.3, 0.4) is 0 Å². The molecule has 1 aromatic rings.